The Morgan fingerprint density at radius 3 is 1.54 bits per heavy atom. The molecular formula is C33H34N4O2U2. The third-order valence-electron chi connectivity index (χ3n) is 8.83. The van der Waals surface area contributed by atoms with Crippen molar-refractivity contribution in [1.82, 2.24) is 9.97 Å². The van der Waals surface area contributed by atoms with Gasteiger partial charge in [-0.15, -0.1) is 0 Å². The van der Waals surface area contributed by atoms with Crippen molar-refractivity contribution in [3.8, 4) is 0 Å². The predicted molar refractivity (Wildman–Crippen MR) is 155 cm³/mol. The van der Waals surface area contributed by atoms with Crippen molar-refractivity contribution in [2.75, 3.05) is 13.2 Å². The third-order valence-corrected chi connectivity index (χ3v) is 8.83. The van der Waals surface area contributed by atoms with Crippen LogP contribution in [0.3, 0.4) is 0 Å². The maximum Gasteiger partial charge on any atom is 0.126 e. The number of para-hydroxylation sites is 2. The van der Waals surface area contributed by atoms with Crippen molar-refractivity contribution >= 4 is 33.2 Å². The van der Waals surface area contributed by atoms with Crippen molar-refractivity contribution in [3.05, 3.63) is 82.2 Å². The van der Waals surface area contributed by atoms with E-state index in [0.717, 1.165) is 85.2 Å². The summed E-state index contributed by atoms with van der Waals surface area (Å²) >= 11 is 0. The first kappa shape index (κ1) is 30.8. The Kier molecular flexibility index (Phi) is 9.67. The summed E-state index contributed by atoms with van der Waals surface area (Å²) in [5.74, 6) is 0. The van der Waals surface area contributed by atoms with Crippen LogP contribution in [-0.4, -0.2) is 34.6 Å². The average molecular weight is 995 g/mol. The summed E-state index contributed by atoms with van der Waals surface area (Å²) < 4.78 is 0. The van der Waals surface area contributed by atoms with Crippen LogP contribution in [0.1, 0.15) is 72.2 Å². The number of fused-ring (bicyclic) bond motifs is 4. The molecule has 3 aliphatic carbocycles. The molecule has 6 nitrogen and oxygen atoms in total. The van der Waals surface area contributed by atoms with Gasteiger partial charge in [0.05, 0.1) is 22.4 Å². The molecule has 4 aromatic rings. The molecule has 0 radical (unpaired) electrons. The zero-order chi connectivity index (χ0) is 26.4. The van der Waals surface area contributed by atoms with Crippen molar-refractivity contribution < 1.29 is 71.9 Å². The first-order valence-corrected chi connectivity index (χ1v) is 14.3. The zero-order valence-electron chi connectivity index (χ0n) is 23.8. The van der Waals surface area contributed by atoms with E-state index in [1.54, 1.807) is 0 Å². The van der Waals surface area contributed by atoms with Gasteiger partial charge in [-0.05, 0) is 99.6 Å². The van der Waals surface area contributed by atoms with Crippen LogP contribution in [0, 0.1) is 81.5 Å². The molecule has 206 valence electrons. The minimum absolute atomic E-state index is 0. The Labute approximate surface area is 288 Å². The van der Waals surface area contributed by atoms with Crippen molar-refractivity contribution in [2.24, 2.45) is 15.7 Å². The van der Waals surface area contributed by atoms with Gasteiger partial charge in [-0.3, -0.25) is 0 Å². The molecule has 2 aromatic heterocycles. The monoisotopic (exact) mass is 994 g/mol. The van der Waals surface area contributed by atoms with E-state index in [9.17, 15) is 0 Å². The molecule has 1 saturated carbocycles. The number of rotatable bonds is 6. The van der Waals surface area contributed by atoms with E-state index in [1.807, 2.05) is 12.1 Å². The molecule has 0 saturated heterocycles. The van der Waals surface area contributed by atoms with Gasteiger partial charge in [0.15, 0.2) is 0 Å². The Morgan fingerprint density at radius 2 is 1.10 bits per heavy atom. The van der Waals surface area contributed by atoms with Gasteiger partial charge >= 0.3 is 0 Å². The molecule has 0 bridgehead atoms. The Morgan fingerprint density at radius 1 is 0.659 bits per heavy atom. The van der Waals surface area contributed by atoms with E-state index in [-0.39, 0.29) is 67.6 Å². The summed E-state index contributed by atoms with van der Waals surface area (Å²) in [6.07, 6.45) is 8.18. The SMILES string of the molecule is Cc1c2c(nc3ccccc13)/C(=N/OCC1(CO/N=C3\CCCc4c3nc3ccccc3c4C)CC1)CCC2.[U].[U]. The summed E-state index contributed by atoms with van der Waals surface area (Å²) in [7, 11) is 0. The molecule has 1 fully saturated rings. The Bertz CT molecular complexity index is 1540. The minimum Gasteiger partial charge on any atom is -0.395 e. The van der Waals surface area contributed by atoms with E-state index in [2.05, 4.69) is 60.6 Å². The number of benzene rings is 2. The molecule has 2 aromatic carbocycles. The number of hydrogen-bond donors (Lipinski definition) is 0. The molecule has 7 rings (SSSR count). The van der Waals surface area contributed by atoms with Crippen LogP contribution < -0.4 is 0 Å². The fourth-order valence-corrected chi connectivity index (χ4v) is 6.20. The van der Waals surface area contributed by atoms with Gasteiger partial charge in [0.1, 0.15) is 24.6 Å². The van der Waals surface area contributed by atoms with E-state index in [4.69, 9.17) is 19.6 Å². The second-order valence-corrected chi connectivity index (χ2v) is 11.5. The maximum absolute atomic E-state index is 5.98. The van der Waals surface area contributed by atoms with E-state index in [1.165, 1.54) is 33.0 Å². The molecule has 0 amide bonds. The largest absolute Gasteiger partial charge is 0.395 e. The predicted octanol–water partition coefficient (Wildman–Crippen LogP) is 6.99. The molecule has 0 unspecified atom stereocenters. The molecule has 0 atom stereocenters. The molecule has 3 aliphatic rings. The van der Waals surface area contributed by atoms with Crippen LogP contribution >= 0.6 is 0 Å². The van der Waals surface area contributed by atoms with Gasteiger partial charge in [-0.1, -0.05) is 46.7 Å². The number of nitrogens with zero attached hydrogens (tertiary/aromatic N) is 4. The van der Waals surface area contributed by atoms with Gasteiger partial charge in [0.25, 0.3) is 0 Å². The van der Waals surface area contributed by atoms with Crippen LogP contribution in [-0.2, 0) is 22.5 Å². The zero-order valence-corrected chi connectivity index (χ0v) is 32.1. The van der Waals surface area contributed by atoms with Crippen molar-refractivity contribution in [3.63, 3.8) is 0 Å². The number of hydrogen-bond acceptors (Lipinski definition) is 6. The minimum atomic E-state index is -0.0113. The Hall–Kier alpha value is -1.70. The summed E-state index contributed by atoms with van der Waals surface area (Å²) in [6, 6.07) is 16.7. The standard InChI is InChI=1S/C33H34N4O2.2U/c1-21-23-9-3-5-13-27(23)34-31-25(21)11-7-15-29(31)36-38-19-33(17-18-33)20-39-37-30-16-8-12-26-22(2)24-10-4-6-14-28(24)35-32(26)30;;/h3-6,9-10,13-14H,7-8,11-12,15-20H2,1-2H3;;/b36-29+,37-30+;;. The van der Waals surface area contributed by atoms with Crippen LogP contribution in [0.4, 0.5) is 0 Å². The first-order chi connectivity index (χ1) is 19.1. The smallest absolute Gasteiger partial charge is 0.126 e. The topological polar surface area (TPSA) is 69.0 Å². The van der Waals surface area contributed by atoms with Crippen molar-refractivity contribution in [2.45, 2.75) is 65.2 Å². The number of pyridine rings is 2. The van der Waals surface area contributed by atoms with Gasteiger partial charge in [-0.25, -0.2) is 9.97 Å². The maximum atomic E-state index is 5.98. The molecule has 41 heavy (non-hydrogen) atoms. The Balaban J connectivity index is 0.00000169. The van der Waals surface area contributed by atoms with Crippen molar-refractivity contribution in [1.29, 1.82) is 0 Å². The summed E-state index contributed by atoms with van der Waals surface area (Å²) in [5.41, 5.74) is 11.2. The van der Waals surface area contributed by atoms with E-state index < -0.39 is 0 Å². The number of oxime groups is 2. The summed E-state index contributed by atoms with van der Waals surface area (Å²) in [4.78, 5) is 21.9. The number of aromatic nitrogens is 2. The second-order valence-electron chi connectivity index (χ2n) is 11.5. The van der Waals surface area contributed by atoms with Crippen LogP contribution in [0.25, 0.3) is 21.8 Å². The van der Waals surface area contributed by atoms with Gasteiger partial charge in [-0.2, -0.15) is 0 Å². The first-order valence-electron chi connectivity index (χ1n) is 14.3. The van der Waals surface area contributed by atoms with E-state index >= 15 is 0 Å². The molecular weight excluding hydrogens is 960 g/mol. The van der Waals surface area contributed by atoms with Gasteiger partial charge < -0.3 is 9.68 Å². The summed E-state index contributed by atoms with van der Waals surface area (Å²) in [5, 5.41) is 11.7. The van der Waals surface area contributed by atoms with E-state index in [0.29, 0.717) is 13.2 Å². The fourth-order valence-electron chi connectivity index (χ4n) is 6.20. The third kappa shape index (κ3) is 6.06. The average Bonchev–Trinajstić information content (AvgIpc) is 3.74. The molecule has 2 heterocycles. The van der Waals surface area contributed by atoms with Gasteiger partial charge in [0.2, 0.25) is 0 Å². The van der Waals surface area contributed by atoms with Crippen LogP contribution in [0.2, 0.25) is 0 Å². The molecule has 0 N–H and O–H groups in total. The summed E-state index contributed by atoms with van der Waals surface area (Å²) in [6.45, 7) is 5.49. The number of aryl methyl sites for hydroxylation is 2. The quantitative estimate of drug-likeness (QED) is 0.196. The fraction of sp³-hybridized carbons (Fsp3) is 0.394. The normalized spacial score (nSPS) is 18.8. The molecule has 8 heteroatoms. The molecule has 0 aliphatic heterocycles. The van der Waals surface area contributed by atoms with Crippen LogP contribution in [0.15, 0.2) is 58.8 Å². The second kappa shape index (κ2) is 12.9. The van der Waals surface area contributed by atoms with Crippen LogP contribution in [0.5, 0.6) is 0 Å². The van der Waals surface area contributed by atoms with Gasteiger partial charge in [0, 0.05) is 78.4 Å². The molecule has 0 spiro atoms.